The largest absolute Gasteiger partial charge is 0.311 e. The highest BCUT2D eigenvalue weighted by Gasteiger charge is 2.15. The molecule has 1 amide bonds. The van der Waals surface area contributed by atoms with Crippen LogP contribution in [-0.2, 0) is 0 Å². The molecule has 19 heavy (non-hydrogen) atoms. The van der Waals surface area contributed by atoms with E-state index in [0.717, 1.165) is 26.9 Å². The Kier molecular flexibility index (Phi) is 4.05. The van der Waals surface area contributed by atoms with Gasteiger partial charge in [0, 0.05) is 22.8 Å². The molecule has 0 spiro atoms. The fourth-order valence-electron chi connectivity index (χ4n) is 1.96. The Morgan fingerprint density at radius 2 is 1.84 bits per heavy atom. The molecule has 0 fully saturated rings. The molecule has 0 aliphatic carbocycles. The minimum absolute atomic E-state index is 0.00407. The molecule has 0 aromatic heterocycles. The molecule has 0 unspecified atom stereocenters. The Bertz CT molecular complexity index is 622. The summed E-state index contributed by atoms with van der Waals surface area (Å²) in [5, 5.41) is 0. The van der Waals surface area contributed by atoms with Crippen LogP contribution in [0.2, 0.25) is 0 Å². The van der Waals surface area contributed by atoms with Gasteiger partial charge in [0.1, 0.15) is 0 Å². The fraction of sp³-hybridized carbons (Fsp3) is 0.188. The Labute approximate surface area is 122 Å². The van der Waals surface area contributed by atoms with E-state index in [1.807, 2.05) is 56.3 Å². The van der Waals surface area contributed by atoms with Gasteiger partial charge in [-0.2, -0.15) is 0 Å². The van der Waals surface area contributed by atoms with Gasteiger partial charge in [0.15, 0.2) is 0 Å². The summed E-state index contributed by atoms with van der Waals surface area (Å²) in [7, 11) is 1.80. The molecule has 0 N–H and O–H groups in total. The van der Waals surface area contributed by atoms with Gasteiger partial charge in [0.25, 0.3) is 5.91 Å². The number of hydrogen-bond donors (Lipinski definition) is 0. The molecule has 3 heteroatoms. The van der Waals surface area contributed by atoms with Gasteiger partial charge in [-0.3, -0.25) is 4.79 Å². The number of halogens is 1. The van der Waals surface area contributed by atoms with Crippen LogP contribution < -0.4 is 4.90 Å². The third-order valence-corrected chi connectivity index (χ3v) is 3.62. The number of nitrogens with zero attached hydrogens (tertiary/aromatic N) is 1. The van der Waals surface area contributed by atoms with Crippen molar-refractivity contribution in [3.05, 3.63) is 63.6 Å². The van der Waals surface area contributed by atoms with Gasteiger partial charge in [-0.15, -0.1) is 0 Å². The van der Waals surface area contributed by atoms with Crippen molar-refractivity contribution >= 4 is 27.5 Å². The molecular formula is C16H16BrNO. The summed E-state index contributed by atoms with van der Waals surface area (Å²) in [6.45, 7) is 3.97. The van der Waals surface area contributed by atoms with Crippen molar-refractivity contribution in [1.29, 1.82) is 0 Å². The first-order chi connectivity index (χ1) is 8.99. The van der Waals surface area contributed by atoms with E-state index in [1.54, 1.807) is 11.9 Å². The number of hydrogen-bond acceptors (Lipinski definition) is 1. The maximum absolute atomic E-state index is 12.5. The summed E-state index contributed by atoms with van der Waals surface area (Å²) in [5.74, 6) is 0.00407. The third kappa shape index (κ3) is 3.04. The maximum Gasteiger partial charge on any atom is 0.258 e. The Hall–Kier alpha value is -1.61. The van der Waals surface area contributed by atoms with Crippen LogP contribution in [0.1, 0.15) is 21.5 Å². The molecule has 0 saturated carbocycles. The van der Waals surface area contributed by atoms with E-state index < -0.39 is 0 Å². The summed E-state index contributed by atoms with van der Waals surface area (Å²) >= 11 is 3.41. The van der Waals surface area contributed by atoms with Gasteiger partial charge < -0.3 is 4.90 Å². The fourth-order valence-corrected chi connectivity index (χ4v) is 2.32. The topological polar surface area (TPSA) is 20.3 Å². The highest BCUT2D eigenvalue weighted by Crippen LogP contribution is 2.21. The second kappa shape index (κ2) is 5.57. The predicted octanol–water partition coefficient (Wildman–Crippen LogP) is 4.34. The third-order valence-electron chi connectivity index (χ3n) is 3.12. The van der Waals surface area contributed by atoms with Crippen molar-refractivity contribution in [2.75, 3.05) is 11.9 Å². The smallest absolute Gasteiger partial charge is 0.258 e. The van der Waals surface area contributed by atoms with E-state index >= 15 is 0 Å². The molecule has 2 aromatic carbocycles. The number of anilines is 1. The van der Waals surface area contributed by atoms with Gasteiger partial charge in [-0.1, -0.05) is 34.1 Å². The van der Waals surface area contributed by atoms with Crippen LogP contribution in [0, 0.1) is 13.8 Å². The number of amides is 1. The summed E-state index contributed by atoms with van der Waals surface area (Å²) < 4.78 is 0.916. The molecule has 2 nitrogen and oxygen atoms in total. The Morgan fingerprint density at radius 1 is 1.11 bits per heavy atom. The first-order valence-electron chi connectivity index (χ1n) is 6.10. The van der Waals surface area contributed by atoms with Gasteiger partial charge in [0.05, 0.1) is 0 Å². The van der Waals surface area contributed by atoms with E-state index in [0.29, 0.717) is 0 Å². The number of benzene rings is 2. The summed E-state index contributed by atoms with van der Waals surface area (Å²) in [6.07, 6.45) is 0. The van der Waals surface area contributed by atoms with Crippen molar-refractivity contribution in [3.63, 3.8) is 0 Å². The molecule has 98 valence electrons. The van der Waals surface area contributed by atoms with Crippen LogP contribution in [0.15, 0.2) is 46.9 Å². The number of carbonyl (C=O) groups excluding carboxylic acids is 1. The monoisotopic (exact) mass is 317 g/mol. The zero-order valence-corrected chi connectivity index (χ0v) is 12.9. The first kappa shape index (κ1) is 13.8. The molecule has 0 heterocycles. The average Bonchev–Trinajstić information content (AvgIpc) is 2.40. The number of carbonyl (C=O) groups is 1. The van der Waals surface area contributed by atoms with Gasteiger partial charge in [-0.05, 0) is 49.2 Å². The molecule has 0 aliphatic heterocycles. The quantitative estimate of drug-likeness (QED) is 0.806. The lowest BCUT2D eigenvalue weighted by Crippen LogP contribution is -2.26. The molecule has 0 atom stereocenters. The lowest BCUT2D eigenvalue weighted by atomic mass is 10.1. The molecule has 0 aliphatic rings. The molecular weight excluding hydrogens is 302 g/mol. The van der Waals surface area contributed by atoms with Crippen molar-refractivity contribution in [1.82, 2.24) is 0 Å². The van der Waals surface area contributed by atoms with Gasteiger partial charge in [0.2, 0.25) is 0 Å². The summed E-state index contributed by atoms with van der Waals surface area (Å²) in [5.41, 5.74) is 3.75. The summed E-state index contributed by atoms with van der Waals surface area (Å²) in [4.78, 5) is 14.2. The highest BCUT2D eigenvalue weighted by molar-refractivity contribution is 9.10. The lowest BCUT2D eigenvalue weighted by Gasteiger charge is -2.19. The molecule has 0 saturated heterocycles. The predicted molar refractivity (Wildman–Crippen MR) is 82.8 cm³/mol. The van der Waals surface area contributed by atoms with Crippen LogP contribution in [0.5, 0.6) is 0 Å². The van der Waals surface area contributed by atoms with Crippen molar-refractivity contribution in [2.24, 2.45) is 0 Å². The number of aryl methyl sites for hydroxylation is 2. The van der Waals surface area contributed by atoms with Crippen molar-refractivity contribution < 1.29 is 4.79 Å². The standard InChI is InChI=1S/C16H16BrNO/c1-11-5-4-6-14(9-11)18(3)16(19)15-10-13(17)8-7-12(15)2/h4-10H,1-3H3. The molecule has 0 bridgehead atoms. The second-order valence-corrected chi connectivity index (χ2v) is 5.58. The number of rotatable bonds is 2. The van der Waals surface area contributed by atoms with E-state index in [1.165, 1.54) is 0 Å². The Balaban J connectivity index is 2.36. The minimum atomic E-state index is 0.00407. The van der Waals surface area contributed by atoms with Gasteiger partial charge in [-0.25, -0.2) is 0 Å². The highest BCUT2D eigenvalue weighted by atomic mass is 79.9. The second-order valence-electron chi connectivity index (χ2n) is 4.66. The zero-order valence-electron chi connectivity index (χ0n) is 11.3. The van der Waals surface area contributed by atoms with E-state index in [4.69, 9.17) is 0 Å². The van der Waals surface area contributed by atoms with Crippen LogP contribution in [0.3, 0.4) is 0 Å². The van der Waals surface area contributed by atoms with Gasteiger partial charge >= 0.3 is 0 Å². The lowest BCUT2D eigenvalue weighted by molar-refractivity contribution is 0.0992. The Morgan fingerprint density at radius 3 is 2.53 bits per heavy atom. The van der Waals surface area contributed by atoms with E-state index in [9.17, 15) is 4.79 Å². The van der Waals surface area contributed by atoms with Crippen LogP contribution in [-0.4, -0.2) is 13.0 Å². The van der Waals surface area contributed by atoms with E-state index in [-0.39, 0.29) is 5.91 Å². The van der Waals surface area contributed by atoms with Crippen molar-refractivity contribution in [2.45, 2.75) is 13.8 Å². The minimum Gasteiger partial charge on any atom is -0.311 e. The first-order valence-corrected chi connectivity index (χ1v) is 6.89. The van der Waals surface area contributed by atoms with Crippen LogP contribution in [0.4, 0.5) is 5.69 Å². The zero-order chi connectivity index (χ0) is 14.0. The van der Waals surface area contributed by atoms with Crippen molar-refractivity contribution in [3.8, 4) is 0 Å². The summed E-state index contributed by atoms with van der Waals surface area (Å²) in [6, 6.07) is 13.7. The molecule has 2 rings (SSSR count). The molecule has 0 radical (unpaired) electrons. The normalized spacial score (nSPS) is 10.3. The van der Waals surface area contributed by atoms with E-state index in [2.05, 4.69) is 15.9 Å². The average molecular weight is 318 g/mol. The van der Waals surface area contributed by atoms with Crippen LogP contribution in [0.25, 0.3) is 0 Å². The van der Waals surface area contributed by atoms with Crippen LogP contribution >= 0.6 is 15.9 Å². The molecule has 2 aromatic rings. The maximum atomic E-state index is 12.5. The SMILES string of the molecule is Cc1cccc(N(C)C(=O)c2cc(Br)ccc2C)c1.